The maximum absolute atomic E-state index is 5.96. The molecule has 0 aliphatic carbocycles. The fourth-order valence-corrected chi connectivity index (χ4v) is 6.11. The Morgan fingerprint density at radius 1 is 0.842 bits per heavy atom. The van der Waals surface area contributed by atoms with Crippen LogP contribution in [0.1, 0.15) is 85.4 Å². The van der Waals surface area contributed by atoms with Crippen LogP contribution in [0.5, 0.6) is 17.2 Å². The lowest BCUT2D eigenvalue weighted by atomic mass is 9.93. The van der Waals surface area contributed by atoms with Gasteiger partial charge in [0.05, 0.1) is 6.61 Å². The number of benzene rings is 3. The average molecular weight is 514 g/mol. The van der Waals surface area contributed by atoms with Crippen molar-refractivity contribution in [3.63, 3.8) is 0 Å². The predicted octanol–water partition coefficient (Wildman–Crippen LogP) is 7.80. The van der Waals surface area contributed by atoms with E-state index in [1.54, 1.807) is 0 Å². The maximum atomic E-state index is 5.96. The molecule has 38 heavy (non-hydrogen) atoms. The largest absolute Gasteiger partial charge is 0.494 e. The third-order valence-corrected chi connectivity index (χ3v) is 8.17. The topological polar surface area (TPSA) is 30.9 Å². The first-order valence-corrected chi connectivity index (χ1v) is 14.6. The summed E-state index contributed by atoms with van der Waals surface area (Å²) in [5.74, 6) is 3.16. The summed E-state index contributed by atoms with van der Waals surface area (Å²) in [7, 11) is 0. The minimum Gasteiger partial charge on any atom is -0.494 e. The van der Waals surface area contributed by atoms with Crippen LogP contribution < -0.4 is 14.2 Å². The molecule has 0 spiro atoms. The minimum absolute atomic E-state index is 0.355. The van der Waals surface area contributed by atoms with E-state index in [1.807, 2.05) is 0 Å². The second kappa shape index (κ2) is 12.3. The van der Waals surface area contributed by atoms with Gasteiger partial charge in [0.15, 0.2) is 11.5 Å². The van der Waals surface area contributed by atoms with E-state index in [0.29, 0.717) is 25.2 Å². The van der Waals surface area contributed by atoms with Crippen LogP contribution in [0.4, 0.5) is 0 Å². The summed E-state index contributed by atoms with van der Waals surface area (Å²) in [6.07, 6.45) is 5.46. The smallest absolute Gasteiger partial charge is 0.161 e. The number of ether oxygens (including phenoxy) is 3. The van der Waals surface area contributed by atoms with E-state index in [2.05, 4.69) is 87.2 Å². The van der Waals surface area contributed by atoms with E-state index in [-0.39, 0.29) is 0 Å². The first kappa shape index (κ1) is 26.6. The van der Waals surface area contributed by atoms with Gasteiger partial charge in [-0.3, -0.25) is 4.90 Å². The molecule has 4 nitrogen and oxygen atoms in total. The first-order chi connectivity index (χ1) is 18.6. The van der Waals surface area contributed by atoms with E-state index < -0.39 is 0 Å². The molecular weight excluding hydrogens is 470 g/mol. The summed E-state index contributed by atoms with van der Waals surface area (Å²) < 4.78 is 17.7. The summed E-state index contributed by atoms with van der Waals surface area (Å²) in [5, 5.41) is 0. The Kier molecular flexibility index (Phi) is 8.58. The van der Waals surface area contributed by atoms with Gasteiger partial charge in [0.2, 0.25) is 0 Å². The number of aryl methyl sites for hydroxylation is 3. The van der Waals surface area contributed by atoms with Gasteiger partial charge in [0, 0.05) is 19.1 Å². The van der Waals surface area contributed by atoms with Crippen molar-refractivity contribution >= 4 is 0 Å². The zero-order chi connectivity index (χ0) is 26.5. The Morgan fingerprint density at radius 3 is 2.21 bits per heavy atom. The van der Waals surface area contributed by atoms with E-state index in [9.17, 15) is 0 Å². The maximum Gasteiger partial charge on any atom is 0.161 e. The van der Waals surface area contributed by atoms with E-state index in [0.717, 1.165) is 69.0 Å². The van der Waals surface area contributed by atoms with Gasteiger partial charge in [-0.15, -0.1) is 0 Å². The molecule has 1 fully saturated rings. The second-order valence-electron chi connectivity index (χ2n) is 10.8. The normalized spacial score (nSPS) is 19.1. The van der Waals surface area contributed by atoms with Gasteiger partial charge >= 0.3 is 0 Å². The van der Waals surface area contributed by atoms with Crippen molar-refractivity contribution in [2.75, 3.05) is 26.4 Å². The summed E-state index contributed by atoms with van der Waals surface area (Å²) in [6, 6.07) is 20.5. The molecule has 2 unspecified atom stereocenters. The highest BCUT2D eigenvalue weighted by molar-refractivity contribution is 5.46. The molecule has 0 aromatic heterocycles. The lowest BCUT2D eigenvalue weighted by Crippen LogP contribution is -2.25. The Labute approximate surface area is 228 Å². The van der Waals surface area contributed by atoms with Crippen LogP contribution in [0.3, 0.4) is 0 Å². The molecule has 3 aromatic carbocycles. The molecule has 1 saturated heterocycles. The average Bonchev–Trinajstić information content (AvgIpc) is 3.37. The van der Waals surface area contributed by atoms with Crippen molar-refractivity contribution in [1.29, 1.82) is 0 Å². The SMILES string of the molecule is CCCCOc1ccc(C2CC(c3ccc4c(c3)OCCO4)CN2Cc2c(CC)cc(C)cc2CC)cc1. The quantitative estimate of drug-likeness (QED) is 0.259. The predicted molar refractivity (Wildman–Crippen MR) is 155 cm³/mol. The molecule has 0 radical (unpaired) electrons. The zero-order valence-electron chi connectivity index (χ0n) is 23.6. The highest BCUT2D eigenvalue weighted by Crippen LogP contribution is 2.44. The Hall–Kier alpha value is -2.98. The van der Waals surface area contributed by atoms with Gasteiger partial charge < -0.3 is 14.2 Å². The van der Waals surface area contributed by atoms with Gasteiger partial charge in [0.25, 0.3) is 0 Å². The fourth-order valence-electron chi connectivity index (χ4n) is 6.11. The molecule has 4 heteroatoms. The van der Waals surface area contributed by atoms with Gasteiger partial charge in [-0.25, -0.2) is 0 Å². The molecule has 5 rings (SSSR count). The van der Waals surface area contributed by atoms with Crippen molar-refractivity contribution in [3.8, 4) is 17.2 Å². The molecule has 0 amide bonds. The van der Waals surface area contributed by atoms with Gasteiger partial charge in [-0.05, 0) is 90.6 Å². The van der Waals surface area contributed by atoms with E-state index in [1.165, 1.54) is 33.4 Å². The van der Waals surface area contributed by atoms with Crippen molar-refractivity contribution in [2.24, 2.45) is 0 Å². The Bertz CT molecular complexity index is 1190. The van der Waals surface area contributed by atoms with Crippen molar-refractivity contribution in [1.82, 2.24) is 4.90 Å². The van der Waals surface area contributed by atoms with Crippen molar-refractivity contribution in [2.45, 2.75) is 78.3 Å². The molecular formula is C34H43NO3. The Balaban J connectivity index is 1.44. The van der Waals surface area contributed by atoms with Gasteiger partial charge in [-0.2, -0.15) is 0 Å². The Morgan fingerprint density at radius 2 is 1.53 bits per heavy atom. The molecule has 0 N–H and O–H groups in total. The van der Waals surface area contributed by atoms with Crippen molar-refractivity contribution in [3.05, 3.63) is 88.0 Å². The molecule has 3 aromatic rings. The summed E-state index contributed by atoms with van der Waals surface area (Å²) in [4.78, 5) is 2.71. The zero-order valence-corrected chi connectivity index (χ0v) is 23.6. The number of unbranched alkanes of at least 4 members (excludes halogenated alkanes) is 1. The standard InChI is InChI=1S/C34H43NO3/c1-5-8-15-36-30-12-9-27(10-13-30)32-20-29(28-11-14-33-34(21-28)38-17-16-37-33)22-35(32)23-31-25(6-2)18-24(4)19-26(31)7-3/h9-14,18-19,21,29,32H,5-8,15-17,20,22-23H2,1-4H3. The van der Waals surface area contributed by atoms with Gasteiger partial charge in [0.1, 0.15) is 19.0 Å². The van der Waals surface area contributed by atoms with Crippen LogP contribution >= 0.6 is 0 Å². The van der Waals surface area contributed by atoms with Crippen LogP contribution in [0.2, 0.25) is 0 Å². The molecule has 202 valence electrons. The molecule has 2 aliphatic rings. The summed E-state index contributed by atoms with van der Waals surface area (Å²) >= 11 is 0. The number of fused-ring (bicyclic) bond motifs is 1. The summed E-state index contributed by atoms with van der Waals surface area (Å²) in [5.41, 5.74) is 8.58. The number of likely N-dealkylation sites (tertiary alicyclic amines) is 1. The lowest BCUT2D eigenvalue weighted by Gasteiger charge is -2.27. The van der Waals surface area contributed by atoms with Crippen LogP contribution in [-0.2, 0) is 19.4 Å². The van der Waals surface area contributed by atoms with Crippen LogP contribution in [0.15, 0.2) is 54.6 Å². The summed E-state index contributed by atoms with van der Waals surface area (Å²) in [6.45, 7) is 13.0. The lowest BCUT2D eigenvalue weighted by molar-refractivity contribution is 0.171. The third kappa shape index (κ3) is 5.86. The molecule has 0 bridgehead atoms. The van der Waals surface area contributed by atoms with Gasteiger partial charge in [-0.1, -0.05) is 63.1 Å². The van der Waals surface area contributed by atoms with E-state index in [4.69, 9.17) is 14.2 Å². The van der Waals surface area contributed by atoms with E-state index >= 15 is 0 Å². The third-order valence-electron chi connectivity index (χ3n) is 8.17. The molecule has 0 saturated carbocycles. The van der Waals surface area contributed by atoms with Crippen LogP contribution in [-0.4, -0.2) is 31.3 Å². The number of rotatable bonds is 10. The number of nitrogens with zero attached hydrogens (tertiary/aromatic N) is 1. The molecule has 2 aliphatic heterocycles. The number of hydrogen-bond acceptors (Lipinski definition) is 4. The van der Waals surface area contributed by atoms with Crippen molar-refractivity contribution < 1.29 is 14.2 Å². The molecule has 2 atom stereocenters. The minimum atomic E-state index is 0.355. The molecule has 2 heterocycles. The monoisotopic (exact) mass is 513 g/mol. The van der Waals surface area contributed by atoms with Crippen LogP contribution in [0, 0.1) is 6.92 Å². The second-order valence-corrected chi connectivity index (χ2v) is 10.8. The fraction of sp³-hybridized carbons (Fsp3) is 0.471. The highest BCUT2D eigenvalue weighted by atomic mass is 16.6. The highest BCUT2D eigenvalue weighted by Gasteiger charge is 2.35. The number of hydrogen-bond donors (Lipinski definition) is 0. The van der Waals surface area contributed by atoms with Crippen LogP contribution in [0.25, 0.3) is 0 Å². The first-order valence-electron chi connectivity index (χ1n) is 14.6.